The number of ether oxygens (including phenoxy) is 2. The summed E-state index contributed by atoms with van der Waals surface area (Å²) in [5, 5.41) is 7.58. The van der Waals surface area contributed by atoms with Gasteiger partial charge in [0.1, 0.15) is 11.6 Å². The number of nitrogens with two attached hydrogens (primary N) is 1. The van der Waals surface area contributed by atoms with Crippen LogP contribution < -0.4 is 10.5 Å². The first kappa shape index (κ1) is 13.2. The maximum Gasteiger partial charge on any atom is 0.123 e. The third-order valence-corrected chi connectivity index (χ3v) is 4.11. The third kappa shape index (κ3) is 3.17. The van der Waals surface area contributed by atoms with Crippen molar-refractivity contribution in [3.05, 3.63) is 23.8 Å². The second-order valence-electron chi connectivity index (χ2n) is 4.22. The van der Waals surface area contributed by atoms with E-state index in [-0.39, 0.29) is 5.84 Å². The third-order valence-electron chi connectivity index (χ3n) is 2.93. The Labute approximate surface area is 111 Å². The van der Waals surface area contributed by atoms with Crippen molar-refractivity contribution in [1.29, 1.82) is 5.41 Å². The number of thioether (sulfide) groups is 1. The Morgan fingerprint density at radius 2 is 2.44 bits per heavy atom. The summed E-state index contributed by atoms with van der Waals surface area (Å²) >= 11 is 1.68. The Balaban J connectivity index is 2.10. The van der Waals surface area contributed by atoms with Crippen LogP contribution in [0.1, 0.15) is 18.4 Å². The highest BCUT2D eigenvalue weighted by atomic mass is 32.2. The van der Waals surface area contributed by atoms with Crippen LogP contribution in [0.5, 0.6) is 5.75 Å². The number of nitrogen functional groups attached to an aromatic ring is 1. The van der Waals surface area contributed by atoms with Crippen molar-refractivity contribution in [1.82, 2.24) is 0 Å². The van der Waals surface area contributed by atoms with E-state index in [1.54, 1.807) is 18.9 Å². The average Bonchev–Trinajstić information content (AvgIpc) is 2.88. The number of methoxy groups -OCH3 is 1. The minimum absolute atomic E-state index is 0.0903. The van der Waals surface area contributed by atoms with E-state index in [1.807, 2.05) is 18.2 Å². The molecule has 0 spiro atoms. The molecule has 0 aliphatic carbocycles. The van der Waals surface area contributed by atoms with Gasteiger partial charge in [-0.2, -0.15) is 0 Å². The molecule has 0 aromatic heterocycles. The highest BCUT2D eigenvalue weighted by Crippen LogP contribution is 2.29. The second kappa shape index (κ2) is 6.11. The summed E-state index contributed by atoms with van der Waals surface area (Å²) < 4.78 is 10.8. The van der Waals surface area contributed by atoms with Crippen LogP contribution in [0.3, 0.4) is 0 Å². The molecule has 98 valence electrons. The van der Waals surface area contributed by atoms with Crippen LogP contribution in [0.4, 0.5) is 0 Å². The SMILES string of the molecule is COc1ccc(C(=N)N)c(SCC2CCCO2)c1. The van der Waals surface area contributed by atoms with Crippen LogP contribution in [0.15, 0.2) is 23.1 Å². The summed E-state index contributed by atoms with van der Waals surface area (Å²) in [4.78, 5) is 0.984. The molecule has 0 radical (unpaired) electrons. The molecule has 3 N–H and O–H groups in total. The first-order valence-electron chi connectivity index (χ1n) is 5.97. The molecule has 0 amide bonds. The summed E-state index contributed by atoms with van der Waals surface area (Å²) in [6.45, 7) is 0.864. The second-order valence-corrected chi connectivity index (χ2v) is 5.28. The lowest BCUT2D eigenvalue weighted by Crippen LogP contribution is -2.13. The summed E-state index contributed by atoms with van der Waals surface area (Å²) in [6.07, 6.45) is 2.58. The maximum absolute atomic E-state index is 7.58. The topological polar surface area (TPSA) is 68.3 Å². The van der Waals surface area contributed by atoms with E-state index in [4.69, 9.17) is 20.6 Å². The van der Waals surface area contributed by atoms with Crippen LogP contribution in [0.25, 0.3) is 0 Å². The van der Waals surface area contributed by atoms with Gasteiger partial charge in [0.25, 0.3) is 0 Å². The molecule has 0 bridgehead atoms. The van der Waals surface area contributed by atoms with Crippen LogP contribution in [0.2, 0.25) is 0 Å². The van der Waals surface area contributed by atoms with Gasteiger partial charge >= 0.3 is 0 Å². The molecule has 1 aliphatic rings. The van der Waals surface area contributed by atoms with Gasteiger partial charge < -0.3 is 15.2 Å². The molecule has 1 unspecified atom stereocenters. The standard InChI is InChI=1S/C13H18N2O2S/c1-16-9-4-5-11(13(14)15)12(7-9)18-8-10-3-2-6-17-10/h4-5,7,10H,2-3,6,8H2,1H3,(H3,14,15). The molecule has 1 heterocycles. The van der Waals surface area contributed by atoms with E-state index in [1.165, 1.54) is 0 Å². The highest BCUT2D eigenvalue weighted by molar-refractivity contribution is 7.99. The van der Waals surface area contributed by atoms with E-state index in [2.05, 4.69) is 0 Å². The Morgan fingerprint density at radius 1 is 1.61 bits per heavy atom. The summed E-state index contributed by atoms with van der Waals surface area (Å²) in [5.41, 5.74) is 6.35. The zero-order valence-corrected chi connectivity index (χ0v) is 11.3. The van der Waals surface area contributed by atoms with Crippen molar-refractivity contribution in [2.24, 2.45) is 5.73 Å². The molecule has 1 aromatic rings. The minimum Gasteiger partial charge on any atom is -0.497 e. The predicted octanol–water partition coefficient (Wildman–Crippen LogP) is 2.25. The average molecular weight is 266 g/mol. The molecule has 1 atom stereocenters. The van der Waals surface area contributed by atoms with Gasteiger partial charge in [0.15, 0.2) is 0 Å². The Hall–Kier alpha value is -1.20. The van der Waals surface area contributed by atoms with Gasteiger partial charge in [-0.1, -0.05) is 0 Å². The van der Waals surface area contributed by atoms with E-state index in [0.717, 1.165) is 41.4 Å². The predicted molar refractivity (Wildman–Crippen MR) is 73.7 cm³/mol. The number of nitrogens with one attached hydrogen (secondary N) is 1. The number of amidine groups is 1. The molecule has 2 rings (SSSR count). The molecule has 1 aliphatic heterocycles. The lowest BCUT2D eigenvalue weighted by Gasteiger charge is -2.12. The van der Waals surface area contributed by atoms with Gasteiger partial charge in [0.05, 0.1) is 13.2 Å². The van der Waals surface area contributed by atoms with E-state index in [9.17, 15) is 0 Å². The maximum atomic E-state index is 7.58. The van der Waals surface area contributed by atoms with Crippen LogP contribution in [-0.2, 0) is 4.74 Å². The lowest BCUT2D eigenvalue weighted by molar-refractivity contribution is 0.129. The first-order valence-corrected chi connectivity index (χ1v) is 6.96. The molecule has 1 fully saturated rings. The van der Waals surface area contributed by atoms with Gasteiger partial charge in [-0.05, 0) is 31.0 Å². The molecule has 0 saturated carbocycles. The number of rotatable bonds is 5. The van der Waals surface area contributed by atoms with Crippen molar-refractivity contribution in [2.45, 2.75) is 23.8 Å². The van der Waals surface area contributed by atoms with Crippen LogP contribution >= 0.6 is 11.8 Å². The quantitative estimate of drug-likeness (QED) is 0.487. The zero-order valence-electron chi connectivity index (χ0n) is 10.4. The number of benzene rings is 1. The van der Waals surface area contributed by atoms with Gasteiger partial charge in [0.2, 0.25) is 0 Å². The summed E-state index contributed by atoms with van der Waals surface area (Å²) in [7, 11) is 1.64. The van der Waals surface area contributed by atoms with Gasteiger partial charge in [-0.3, -0.25) is 5.41 Å². The Kier molecular flexibility index (Phi) is 4.49. The zero-order chi connectivity index (χ0) is 13.0. The summed E-state index contributed by atoms with van der Waals surface area (Å²) in [6, 6.07) is 5.59. The largest absolute Gasteiger partial charge is 0.497 e. The molecule has 5 heteroatoms. The number of hydrogen-bond acceptors (Lipinski definition) is 4. The monoisotopic (exact) mass is 266 g/mol. The van der Waals surface area contributed by atoms with Gasteiger partial charge in [-0.15, -0.1) is 11.8 Å². The number of hydrogen-bond donors (Lipinski definition) is 2. The fourth-order valence-corrected chi connectivity index (χ4v) is 3.09. The fraction of sp³-hybridized carbons (Fsp3) is 0.462. The highest BCUT2D eigenvalue weighted by Gasteiger charge is 2.17. The first-order chi connectivity index (χ1) is 8.70. The van der Waals surface area contributed by atoms with E-state index < -0.39 is 0 Å². The molecular formula is C13H18N2O2S. The molecule has 1 aromatic carbocycles. The smallest absolute Gasteiger partial charge is 0.123 e. The van der Waals surface area contributed by atoms with Gasteiger partial charge in [0, 0.05) is 22.8 Å². The van der Waals surface area contributed by atoms with Crippen molar-refractivity contribution in [3.8, 4) is 5.75 Å². The van der Waals surface area contributed by atoms with Crippen LogP contribution in [-0.4, -0.2) is 31.4 Å². The minimum atomic E-state index is 0.0903. The van der Waals surface area contributed by atoms with Crippen molar-refractivity contribution >= 4 is 17.6 Å². The normalized spacial score (nSPS) is 18.8. The lowest BCUT2D eigenvalue weighted by atomic mass is 10.2. The molecule has 18 heavy (non-hydrogen) atoms. The fourth-order valence-electron chi connectivity index (χ4n) is 1.93. The molecule has 1 saturated heterocycles. The Morgan fingerprint density at radius 3 is 3.06 bits per heavy atom. The summed E-state index contributed by atoms with van der Waals surface area (Å²) in [5.74, 6) is 1.77. The molecule has 4 nitrogen and oxygen atoms in total. The van der Waals surface area contributed by atoms with E-state index >= 15 is 0 Å². The van der Waals surface area contributed by atoms with Gasteiger partial charge in [-0.25, -0.2) is 0 Å². The van der Waals surface area contributed by atoms with Crippen molar-refractivity contribution in [2.75, 3.05) is 19.5 Å². The van der Waals surface area contributed by atoms with Crippen molar-refractivity contribution < 1.29 is 9.47 Å². The molecular weight excluding hydrogens is 248 g/mol. The Bertz CT molecular complexity index is 431. The van der Waals surface area contributed by atoms with E-state index in [0.29, 0.717) is 6.10 Å². The van der Waals surface area contributed by atoms with Crippen LogP contribution in [0, 0.1) is 5.41 Å². The van der Waals surface area contributed by atoms with Crippen molar-refractivity contribution in [3.63, 3.8) is 0 Å².